The Kier molecular flexibility index (Phi) is 2.22. The maximum Gasteiger partial charge on any atom is 0.241 e. The summed E-state index contributed by atoms with van der Waals surface area (Å²) in [4.78, 5) is 12.3. The summed E-state index contributed by atoms with van der Waals surface area (Å²) in [5, 5.41) is 4.13. The predicted octanol–water partition coefficient (Wildman–Crippen LogP) is 2.65. The third-order valence-corrected chi connectivity index (χ3v) is 2.97. The molecule has 0 unspecified atom stereocenters. The number of aromatic nitrogens is 2. The molecule has 0 bridgehead atoms. The number of para-hydroxylation sites is 1. The molecule has 2 heterocycles. The molecule has 0 saturated carbocycles. The van der Waals surface area contributed by atoms with Crippen molar-refractivity contribution in [3.63, 3.8) is 0 Å². The van der Waals surface area contributed by atoms with Crippen molar-refractivity contribution in [1.29, 1.82) is 0 Å². The number of hydrogen-bond acceptors (Lipinski definition) is 5. The summed E-state index contributed by atoms with van der Waals surface area (Å²) in [7, 11) is 0. The van der Waals surface area contributed by atoms with Crippen LogP contribution in [0.15, 0.2) is 34.9 Å². The van der Waals surface area contributed by atoms with Gasteiger partial charge in [-0.2, -0.15) is 0 Å². The van der Waals surface area contributed by atoms with Gasteiger partial charge in [-0.3, -0.25) is 4.79 Å². The number of halogens is 1. The Labute approximate surface area is 98.8 Å². The molecule has 1 aromatic carbocycles. The Bertz CT molecular complexity index is 691. The SMILES string of the molecule is O=C(c1cc2cccc(F)c2o1)c1cnns1. The van der Waals surface area contributed by atoms with E-state index in [9.17, 15) is 9.18 Å². The first-order valence-electron chi connectivity index (χ1n) is 4.76. The number of carbonyl (C=O) groups is 1. The van der Waals surface area contributed by atoms with Crippen molar-refractivity contribution in [2.75, 3.05) is 0 Å². The van der Waals surface area contributed by atoms with Crippen molar-refractivity contribution < 1.29 is 13.6 Å². The highest BCUT2D eigenvalue weighted by Crippen LogP contribution is 2.24. The Morgan fingerprint density at radius 3 is 3.00 bits per heavy atom. The van der Waals surface area contributed by atoms with Gasteiger partial charge in [0.05, 0.1) is 6.20 Å². The van der Waals surface area contributed by atoms with E-state index in [1.807, 2.05) is 0 Å². The van der Waals surface area contributed by atoms with Crippen LogP contribution in [0, 0.1) is 5.82 Å². The Hall–Kier alpha value is -2.08. The van der Waals surface area contributed by atoms with Gasteiger partial charge in [0.2, 0.25) is 5.78 Å². The largest absolute Gasteiger partial charge is 0.449 e. The zero-order valence-electron chi connectivity index (χ0n) is 8.38. The summed E-state index contributed by atoms with van der Waals surface area (Å²) in [6.07, 6.45) is 1.36. The Balaban J connectivity index is 2.13. The van der Waals surface area contributed by atoms with Gasteiger partial charge in [-0.25, -0.2) is 4.39 Å². The first-order chi connectivity index (χ1) is 8.25. The monoisotopic (exact) mass is 248 g/mol. The average molecular weight is 248 g/mol. The maximum atomic E-state index is 13.4. The molecule has 0 atom stereocenters. The first kappa shape index (κ1) is 10.1. The summed E-state index contributed by atoms with van der Waals surface area (Å²) in [6.45, 7) is 0. The molecule has 6 heteroatoms. The molecule has 84 valence electrons. The van der Waals surface area contributed by atoms with Crippen molar-refractivity contribution in [1.82, 2.24) is 9.59 Å². The molecular formula is C11H5FN2O2S. The van der Waals surface area contributed by atoms with Crippen LogP contribution >= 0.6 is 11.5 Å². The molecule has 0 radical (unpaired) electrons. The summed E-state index contributed by atoms with van der Waals surface area (Å²) < 4.78 is 22.2. The van der Waals surface area contributed by atoms with Crippen LogP contribution in [0.2, 0.25) is 0 Å². The van der Waals surface area contributed by atoms with Crippen LogP contribution in [-0.2, 0) is 0 Å². The van der Waals surface area contributed by atoms with Gasteiger partial charge in [0.15, 0.2) is 17.2 Å². The van der Waals surface area contributed by atoms with Gasteiger partial charge in [-0.15, -0.1) is 5.10 Å². The molecule has 0 aliphatic rings. The average Bonchev–Trinajstić information content (AvgIpc) is 2.98. The van der Waals surface area contributed by atoms with Crippen LogP contribution in [0.25, 0.3) is 11.0 Å². The van der Waals surface area contributed by atoms with Gasteiger partial charge in [0, 0.05) is 5.39 Å². The van der Waals surface area contributed by atoms with E-state index in [4.69, 9.17) is 4.42 Å². The fraction of sp³-hybridized carbons (Fsp3) is 0. The van der Waals surface area contributed by atoms with Crippen LogP contribution in [0.1, 0.15) is 15.4 Å². The first-order valence-corrected chi connectivity index (χ1v) is 5.53. The van der Waals surface area contributed by atoms with Gasteiger partial charge in [0.25, 0.3) is 0 Å². The summed E-state index contributed by atoms with van der Waals surface area (Å²) in [6, 6.07) is 6.05. The van der Waals surface area contributed by atoms with Crippen molar-refractivity contribution in [2.45, 2.75) is 0 Å². The zero-order valence-corrected chi connectivity index (χ0v) is 9.20. The summed E-state index contributed by atoms with van der Waals surface area (Å²) in [5.41, 5.74) is 0.0910. The molecule has 0 amide bonds. The van der Waals surface area contributed by atoms with E-state index in [2.05, 4.69) is 9.59 Å². The number of fused-ring (bicyclic) bond motifs is 1. The van der Waals surface area contributed by atoms with E-state index < -0.39 is 5.82 Å². The van der Waals surface area contributed by atoms with Crippen molar-refractivity contribution in [3.8, 4) is 0 Å². The quantitative estimate of drug-likeness (QED) is 0.654. The molecule has 3 rings (SSSR count). The minimum absolute atomic E-state index is 0.0910. The lowest BCUT2D eigenvalue weighted by molar-refractivity contribution is 0.101. The van der Waals surface area contributed by atoms with Crippen LogP contribution in [0.5, 0.6) is 0 Å². The molecule has 0 aliphatic heterocycles. The van der Waals surface area contributed by atoms with Crippen LogP contribution in [0.4, 0.5) is 4.39 Å². The third-order valence-electron chi connectivity index (χ3n) is 2.30. The van der Waals surface area contributed by atoms with E-state index in [1.165, 1.54) is 18.3 Å². The van der Waals surface area contributed by atoms with Crippen LogP contribution in [0.3, 0.4) is 0 Å². The van der Waals surface area contributed by atoms with Crippen molar-refractivity contribution in [2.24, 2.45) is 0 Å². The second-order valence-electron chi connectivity index (χ2n) is 3.38. The minimum atomic E-state index is -0.482. The van der Waals surface area contributed by atoms with Gasteiger partial charge >= 0.3 is 0 Å². The normalized spacial score (nSPS) is 10.9. The molecular weight excluding hydrogens is 243 g/mol. The van der Waals surface area contributed by atoms with Crippen LogP contribution in [-0.4, -0.2) is 15.4 Å². The molecule has 0 fully saturated rings. The molecule has 0 spiro atoms. The van der Waals surface area contributed by atoms with E-state index >= 15 is 0 Å². The minimum Gasteiger partial charge on any atom is -0.449 e. The second-order valence-corrected chi connectivity index (χ2v) is 4.17. The Morgan fingerprint density at radius 2 is 2.29 bits per heavy atom. The van der Waals surface area contributed by atoms with E-state index in [0.29, 0.717) is 10.3 Å². The molecule has 0 saturated heterocycles. The number of ketones is 1. The molecule has 4 nitrogen and oxygen atoms in total. The van der Waals surface area contributed by atoms with E-state index in [-0.39, 0.29) is 17.1 Å². The lowest BCUT2D eigenvalue weighted by Crippen LogP contribution is -1.95. The topological polar surface area (TPSA) is 56.0 Å². The lowest BCUT2D eigenvalue weighted by Gasteiger charge is -1.90. The van der Waals surface area contributed by atoms with E-state index in [1.54, 1.807) is 12.1 Å². The second kappa shape index (κ2) is 3.74. The molecule has 0 aliphatic carbocycles. The molecule has 2 aromatic heterocycles. The lowest BCUT2D eigenvalue weighted by atomic mass is 10.2. The Morgan fingerprint density at radius 1 is 1.41 bits per heavy atom. The highest BCUT2D eigenvalue weighted by Gasteiger charge is 2.17. The number of rotatable bonds is 2. The van der Waals surface area contributed by atoms with Gasteiger partial charge in [-0.05, 0) is 23.7 Å². The molecule has 0 N–H and O–H groups in total. The number of carbonyl (C=O) groups excluding carboxylic acids is 1. The smallest absolute Gasteiger partial charge is 0.241 e. The number of furan rings is 1. The number of benzene rings is 1. The van der Waals surface area contributed by atoms with Crippen molar-refractivity contribution >= 4 is 28.3 Å². The van der Waals surface area contributed by atoms with Crippen molar-refractivity contribution in [3.05, 3.63) is 46.9 Å². The molecule has 3 aromatic rings. The van der Waals surface area contributed by atoms with Gasteiger partial charge in [-0.1, -0.05) is 16.6 Å². The summed E-state index contributed by atoms with van der Waals surface area (Å²) in [5.74, 6) is -0.726. The highest BCUT2D eigenvalue weighted by molar-refractivity contribution is 7.08. The highest BCUT2D eigenvalue weighted by atomic mass is 32.1. The number of hydrogen-bond donors (Lipinski definition) is 0. The fourth-order valence-electron chi connectivity index (χ4n) is 1.53. The number of nitrogens with zero attached hydrogens (tertiary/aromatic N) is 2. The fourth-order valence-corrected chi connectivity index (χ4v) is 1.99. The van der Waals surface area contributed by atoms with E-state index in [0.717, 1.165) is 11.5 Å². The third kappa shape index (κ3) is 1.62. The van der Waals surface area contributed by atoms with Gasteiger partial charge < -0.3 is 4.42 Å². The van der Waals surface area contributed by atoms with Gasteiger partial charge in [0.1, 0.15) is 4.88 Å². The predicted molar refractivity (Wildman–Crippen MR) is 59.5 cm³/mol. The standard InChI is InChI=1S/C11H5FN2O2S/c12-7-3-1-2-6-4-8(16-11(6)7)10(15)9-5-13-14-17-9/h1-5H. The molecule has 17 heavy (non-hydrogen) atoms. The maximum absolute atomic E-state index is 13.4. The zero-order chi connectivity index (χ0) is 11.8. The van der Waals surface area contributed by atoms with Crippen LogP contribution < -0.4 is 0 Å². The summed E-state index contributed by atoms with van der Waals surface area (Å²) >= 11 is 0.976.